The van der Waals surface area contributed by atoms with E-state index in [4.69, 9.17) is 18.9 Å². The summed E-state index contributed by atoms with van der Waals surface area (Å²) in [5.41, 5.74) is 2.45. The summed E-state index contributed by atoms with van der Waals surface area (Å²) in [7, 11) is 1.49. The van der Waals surface area contributed by atoms with Crippen molar-refractivity contribution in [3.8, 4) is 23.0 Å². The molecule has 0 radical (unpaired) electrons. The third-order valence-corrected chi connectivity index (χ3v) is 5.01. The predicted molar refractivity (Wildman–Crippen MR) is 120 cm³/mol. The SMILES string of the molecule is CCOc1ccc2c(c1)O/C(=C\c1ccc(OC(=O)c3ccccc3C)c(OC)c1)C2=O. The number of carbonyl (C=O) groups excluding carboxylic acids is 2. The Balaban J connectivity index is 1.56. The smallest absolute Gasteiger partial charge is 0.343 e. The zero-order valence-electron chi connectivity index (χ0n) is 18.0. The number of hydrogen-bond donors (Lipinski definition) is 0. The highest BCUT2D eigenvalue weighted by Gasteiger charge is 2.28. The first-order valence-corrected chi connectivity index (χ1v) is 10.2. The number of methoxy groups -OCH3 is 1. The minimum Gasteiger partial charge on any atom is -0.494 e. The summed E-state index contributed by atoms with van der Waals surface area (Å²) in [6, 6.07) is 17.4. The van der Waals surface area contributed by atoms with Gasteiger partial charge < -0.3 is 18.9 Å². The maximum atomic E-state index is 12.7. The van der Waals surface area contributed by atoms with Crippen LogP contribution in [0.2, 0.25) is 0 Å². The summed E-state index contributed by atoms with van der Waals surface area (Å²) in [4.78, 5) is 25.2. The summed E-state index contributed by atoms with van der Waals surface area (Å²) in [5, 5.41) is 0. The van der Waals surface area contributed by atoms with Crippen molar-refractivity contribution in [2.75, 3.05) is 13.7 Å². The molecule has 3 aromatic carbocycles. The molecule has 162 valence electrons. The molecule has 0 saturated carbocycles. The van der Waals surface area contributed by atoms with Gasteiger partial charge in [0.05, 0.1) is 24.8 Å². The van der Waals surface area contributed by atoms with Crippen LogP contribution in [0.5, 0.6) is 23.0 Å². The molecule has 0 amide bonds. The average molecular weight is 430 g/mol. The van der Waals surface area contributed by atoms with Gasteiger partial charge in [0.15, 0.2) is 17.3 Å². The van der Waals surface area contributed by atoms with Crippen LogP contribution in [-0.2, 0) is 0 Å². The second-order valence-corrected chi connectivity index (χ2v) is 7.15. The van der Waals surface area contributed by atoms with Crippen LogP contribution in [0, 0.1) is 6.92 Å². The monoisotopic (exact) mass is 430 g/mol. The number of esters is 1. The Bertz CT molecular complexity index is 1220. The van der Waals surface area contributed by atoms with Gasteiger partial charge in [-0.1, -0.05) is 24.3 Å². The number of Topliss-reactive ketones (excluding diaryl/α,β-unsaturated/α-hetero) is 1. The molecule has 0 aromatic heterocycles. The van der Waals surface area contributed by atoms with Crippen molar-refractivity contribution in [1.29, 1.82) is 0 Å². The number of carbonyl (C=O) groups is 2. The largest absolute Gasteiger partial charge is 0.494 e. The van der Waals surface area contributed by atoms with Crippen molar-refractivity contribution in [3.05, 3.63) is 88.7 Å². The van der Waals surface area contributed by atoms with Gasteiger partial charge in [0.25, 0.3) is 0 Å². The third-order valence-electron chi connectivity index (χ3n) is 5.01. The quantitative estimate of drug-likeness (QED) is 0.303. The lowest BCUT2D eigenvalue weighted by atomic mass is 10.1. The fourth-order valence-corrected chi connectivity index (χ4v) is 3.39. The number of benzene rings is 3. The standard InChI is InChI=1S/C26H22O6/c1-4-30-18-10-11-20-22(15-18)31-24(25(20)27)14-17-9-12-21(23(13-17)29-3)32-26(28)19-8-6-5-7-16(19)2/h5-15H,4H2,1-3H3/b24-14-. The lowest BCUT2D eigenvalue weighted by molar-refractivity contribution is 0.0728. The molecule has 0 spiro atoms. The highest BCUT2D eigenvalue weighted by molar-refractivity contribution is 6.14. The maximum Gasteiger partial charge on any atom is 0.343 e. The van der Waals surface area contributed by atoms with E-state index in [0.29, 0.717) is 40.5 Å². The Morgan fingerprint density at radius 1 is 1.03 bits per heavy atom. The molecule has 1 aliphatic heterocycles. The molecule has 0 aliphatic carbocycles. The van der Waals surface area contributed by atoms with Crippen LogP contribution in [0.1, 0.15) is 38.8 Å². The molecule has 0 saturated heterocycles. The van der Waals surface area contributed by atoms with Crippen molar-refractivity contribution in [3.63, 3.8) is 0 Å². The van der Waals surface area contributed by atoms with Crippen molar-refractivity contribution >= 4 is 17.8 Å². The van der Waals surface area contributed by atoms with Gasteiger partial charge in [-0.15, -0.1) is 0 Å². The van der Waals surface area contributed by atoms with E-state index in [1.165, 1.54) is 7.11 Å². The number of allylic oxidation sites excluding steroid dienone is 1. The Morgan fingerprint density at radius 3 is 2.59 bits per heavy atom. The van der Waals surface area contributed by atoms with Crippen LogP contribution in [0.25, 0.3) is 6.08 Å². The van der Waals surface area contributed by atoms with E-state index in [9.17, 15) is 9.59 Å². The molecule has 4 rings (SSSR count). The van der Waals surface area contributed by atoms with Crippen LogP contribution >= 0.6 is 0 Å². The van der Waals surface area contributed by atoms with Crippen LogP contribution in [0.3, 0.4) is 0 Å². The molecule has 3 aromatic rings. The van der Waals surface area contributed by atoms with Crippen molar-refractivity contribution in [2.24, 2.45) is 0 Å². The molecular weight excluding hydrogens is 408 g/mol. The Kier molecular flexibility index (Phi) is 5.94. The van der Waals surface area contributed by atoms with Gasteiger partial charge in [-0.25, -0.2) is 4.79 Å². The molecule has 0 N–H and O–H groups in total. The Hall–Kier alpha value is -4.06. The first kappa shape index (κ1) is 21.2. The summed E-state index contributed by atoms with van der Waals surface area (Å²) in [6.45, 7) is 4.26. The lowest BCUT2D eigenvalue weighted by Gasteiger charge is -2.11. The second-order valence-electron chi connectivity index (χ2n) is 7.15. The van der Waals surface area contributed by atoms with E-state index in [2.05, 4.69) is 0 Å². The third kappa shape index (κ3) is 4.21. The number of hydrogen-bond acceptors (Lipinski definition) is 6. The average Bonchev–Trinajstić information content (AvgIpc) is 3.09. The van der Waals surface area contributed by atoms with Crippen LogP contribution in [0.15, 0.2) is 66.4 Å². The van der Waals surface area contributed by atoms with E-state index in [0.717, 1.165) is 5.56 Å². The topological polar surface area (TPSA) is 71.1 Å². The van der Waals surface area contributed by atoms with Gasteiger partial charge >= 0.3 is 5.97 Å². The van der Waals surface area contributed by atoms with Gasteiger partial charge in [-0.05, 0) is 61.4 Å². The van der Waals surface area contributed by atoms with Gasteiger partial charge in [-0.3, -0.25) is 4.79 Å². The summed E-state index contributed by atoms with van der Waals surface area (Å²) in [5.74, 6) is 1.26. The minimum atomic E-state index is -0.470. The zero-order chi connectivity index (χ0) is 22.7. The van der Waals surface area contributed by atoms with E-state index >= 15 is 0 Å². The number of fused-ring (bicyclic) bond motifs is 1. The van der Waals surface area contributed by atoms with Crippen LogP contribution in [0.4, 0.5) is 0 Å². The van der Waals surface area contributed by atoms with E-state index in [1.54, 1.807) is 54.6 Å². The highest BCUT2D eigenvalue weighted by atomic mass is 16.6. The van der Waals surface area contributed by atoms with E-state index < -0.39 is 5.97 Å². The summed E-state index contributed by atoms with van der Waals surface area (Å²) >= 11 is 0. The molecule has 6 heteroatoms. The fraction of sp³-hybridized carbons (Fsp3) is 0.154. The summed E-state index contributed by atoms with van der Waals surface area (Å²) < 4.78 is 22.2. The van der Waals surface area contributed by atoms with Crippen LogP contribution in [-0.4, -0.2) is 25.5 Å². The number of ketones is 1. The van der Waals surface area contributed by atoms with E-state index in [-0.39, 0.29) is 17.3 Å². The predicted octanol–water partition coefficient (Wildman–Crippen LogP) is 5.24. The first-order chi connectivity index (χ1) is 15.5. The number of aryl methyl sites for hydroxylation is 1. The molecule has 0 fully saturated rings. The molecule has 0 bridgehead atoms. The Morgan fingerprint density at radius 2 is 1.84 bits per heavy atom. The van der Waals surface area contributed by atoms with E-state index in [1.807, 2.05) is 26.0 Å². The van der Waals surface area contributed by atoms with Crippen molar-refractivity contribution < 1.29 is 28.5 Å². The molecule has 0 atom stereocenters. The zero-order valence-corrected chi connectivity index (χ0v) is 18.0. The molecule has 1 heterocycles. The Labute approximate surface area is 186 Å². The molecule has 0 unspecified atom stereocenters. The number of ether oxygens (including phenoxy) is 4. The van der Waals surface area contributed by atoms with Gasteiger partial charge in [0.2, 0.25) is 5.78 Å². The van der Waals surface area contributed by atoms with Gasteiger partial charge in [0.1, 0.15) is 11.5 Å². The fourth-order valence-electron chi connectivity index (χ4n) is 3.39. The van der Waals surface area contributed by atoms with Gasteiger partial charge in [0, 0.05) is 6.07 Å². The lowest BCUT2D eigenvalue weighted by Crippen LogP contribution is -2.10. The maximum absolute atomic E-state index is 12.7. The minimum absolute atomic E-state index is 0.195. The highest BCUT2D eigenvalue weighted by Crippen LogP contribution is 2.36. The second kappa shape index (κ2) is 8.98. The normalized spacial score (nSPS) is 13.5. The van der Waals surface area contributed by atoms with Gasteiger partial charge in [-0.2, -0.15) is 0 Å². The molecule has 1 aliphatic rings. The van der Waals surface area contributed by atoms with Crippen molar-refractivity contribution in [2.45, 2.75) is 13.8 Å². The number of rotatable bonds is 6. The molecular formula is C26H22O6. The first-order valence-electron chi connectivity index (χ1n) is 10.2. The summed E-state index contributed by atoms with van der Waals surface area (Å²) in [6.07, 6.45) is 1.62. The molecule has 6 nitrogen and oxygen atoms in total. The van der Waals surface area contributed by atoms with Crippen LogP contribution < -0.4 is 18.9 Å². The molecule has 32 heavy (non-hydrogen) atoms. The van der Waals surface area contributed by atoms with Crippen molar-refractivity contribution in [1.82, 2.24) is 0 Å².